The molecule has 1 atom stereocenters. The van der Waals surface area contributed by atoms with Gasteiger partial charge in [-0.1, -0.05) is 30.1 Å². The Balaban J connectivity index is 1.98. The van der Waals surface area contributed by atoms with Gasteiger partial charge in [0.05, 0.1) is 37.1 Å². The van der Waals surface area contributed by atoms with Crippen LogP contribution in [0.2, 0.25) is 10.2 Å². The Morgan fingerprint density at radius 2 is 1.88 bits per heavy atom. The van der Waals surface area contributed by atoms with E-state index in [4.69, 9.17) is 47.4 Å². The van der Waals surface area contributed by atoms with Crippen molar-refractivity contribution >= 4 is 39.9 Å². The normalized spacial score (nSPS) is 16.4. The van der Waals surface area contributed by atoms with E-state index in [1.807, 2.05) is 6.92 Å². The predicted octanol–water partition coefficient (Wildman–Crippen LogP) is 5.19. The Kier molecular flexibility index (Phi) is 6.88. The lowest BCUT2D eigenvalue weighted by atomic mass is 10.0. The van der Waals surface area contributed by atoms with E-state index in [1.165, 1.54) is 0 Å². The Hall–Kier alpha value is -2.35. The molecule has 1 unspecified atom stereocenters. The zero-order valence-electron chi connectivity index (χ0n) is 18.6. The van der Waals surface area contributed by atoms with Gasteiger partial charge in [-0.15, -0.1) is 0 Å². The topological polar surface area (TPSA) is 69.6 Å². The molecule has 1 aliphatic rings. The molecule has 2 aromatic heterocycles. The minimum Gasteiger partial charge on any atom is -0.496 e. The highest BCUT2D eigenvalue weighted by molar-refractivity contribution is 6.35. The maximum Gasteiger partial charge on any atom is 0.164 e. The summed E-state index contributed by atoms with van der Waals surface area (Å²) in [7, 11) is 4.95. The van der Waals surface area contributed by atoms with Crippen molar-refractivity contribution in [2.24, 2.45) is 0 Å². The molecule has 1 aromatic carbocycles. The van der Waals surface area contributed by atoms with Crippen LogP contribution < -0.4 is 14.4 Å². The monoisotopic (exact) mass is 476 g/mol. The van der Waals surface area contributed by atoms with Crippen LogP contribution in [0.25, 0.3) is 22.3 Å². The molecule has 0 N–H and O–H groups in total. The van der Waals surface area contributed by atoms with Crippen molar-refractivity contribution in [3.8, 4) is 22.9 Å². The first-order chi connectivity index (χ1) is 15.5. The summed E-state index contributed by atoms with van der Waals surface area (Å²) in [4.78, 5) is 16.3. The quantitative estimate of drug-likeness (QED) is 0.453. The van der Waals surface area contributed by atoms with Crippen LogP contribution in [-0.4, -0.2) is 55.5 Å². The second kappa shape index (κ2) is 9.65. The summed E-state index contributed by atoms with van der Waals surface area (Å²) < 4.78 is 16.8. The van der Waals surface area contributed by atoms with Crippen LogP contribution >= 0.6 is 23.2 Å². The second-order valence-corrected chi connectivity index (χ2v) is 8.41. The minimum absolute atomic E-state index is 0.140. The molecule has 1 saturated heterocycles. The average molecular weight is 477 g/mol. The standard InChI is InChI=1S/C23H26Cl2N4O3/c1-5-14-17(31-3)10-18(32-4)21(25)20(14)22-27-16-11-26-19(24)9-15(16)23(28-22)29-8-6-7-13(12-29)30-2/h9-11,13H,5-8,12H2,1-4H3. The Morgan fingerprint density at radius 3 is 2.56 bits per heavy atom. The van der Waals surface area contributed by atoms with E-state index >= 15 is 0 Å². The number of methoxy groups -OCH3 is 3. The lowest BCUT2D eigenvalue weighted by Crippen LogP contribution is -2.39. The Bertz CT molecular complexity index is 1140. The molecule has 9 heteroatoms. The number of halogens is 2. The molecule has 32 heavy (non-hydrogen) atoms. The van der Waals surface area contributed by atoms with E-state index < -0.39 is 0 Å². The van der Waals surface area contributed by atoms with E-state index in [0.717, 1.165) is 42.7 Å². The zero-order valence-corrected chi connectivity index (χ0v) is 20.1. The fourth-order valence-corrected chi connectivity index (χ4v) is 4.72. The fourth-order valence-electron chi connectivity index (χ4n) is 4.23. The van der Waals surface area contributed by atoms with Gasteiger partial charge in [0.15, 0.2) is 5.82 Å². The van der Waals surface area contributed by atoms with Gasteiger partial charge in [0, 0.05) is 42.8 Å². The highest BCUT2D eigenvalue weighted by atomic mass is 35.5. The lowest BCUT2D eigenvalue weighted by molar-refractivity contribution is 0.0892. The molecule has 3 heterocycles. The Labute approximate surface area is 197 Å². The summed E-state index contributed by atoms with van der Waals surface area (Å²) in [5.41, 5.74) is 2.30. The molecule has 0 bridgehead atoms. The molecule has 4 rings (SSSR count). The van der Waals surface area contributed by atoms with Gasteiger partial charge in [-0.3, -0.25) is 0 Å². The van der Waals surface area contributed by atoms with E-state index in [2.05, 4.69) is 9.88 Å². The van der Waals surface area contributed by atoms with Crippen LogP contribution in [0.15, 0.2) is 18.3 Å². The maximum absolute atomic E-state index is 6.79. The number of hydrogen-bond acceptors (Lipinski definition) is 7. The Morgan fingerprint density at radius 1 is 1.09 bits per heavy atom. The summed E-state index contributed by atoms with van der Waals surface area (Å²) >= 11 is 13.0. The SMILES string of the molecule is CCc1c(OC)cc(OC)c(Cl)c1-c1nc(N2CCCC(OC)C2)c2cc(Cl)ncc2n1. The van der Waals surface area contributed by atoms with Crippen molar-refractivity contribution in [2.45, 2.75) is 32.3 Å². The maximum atomic E-state index is 6.79. The van der Waals surface area contributed by atoms with Crippen molar-refractivity contribution in [3.63, 3.8) is 0 Å². The molecular formula is C23H26Cl2N4O3. The number of ether oxygens (including phenoxy) is 3. The largest absolute Gasteiger partial charge is 0.496 e. The van der Waals surface area contributed by atoms with Crippen LogP contribution in [0.1, 0.15) is 25.3 Å². The van der Waals surface area contributed by atoms with Gasteiger partial charge in [0.2, 0.25) is 0 Å². The molecule has 1 aliphatic heterocycles. The third kappa shape index (κ3) is 4.17. The van der Waals surface area contributed by atoms with Gasteiger partial charge in [-0.05, 0) is 25.3 Å². The number of aromatic nitrogens is 3. The van der Waals surface area contributed by atoms with Crippen LogP contribution in [0.3, 0.4) is 0 Å². The zero-order chi connectivity index (χ0) is 22.8. The number of fused-ring (bicyclic) bond motifs is 1. The first-order valence-corrected chi connectivity index (χ1v) is 11.3. The lowest BCUT2D eigenvalue weighted by Gasteiger charge is -2.33. The number of benzene rings is 1. The van der Waals surface area contributed by atoms with Crippen molar-refractivity contribution in [1.29, 1.82) is 0 Å². The molecule has 0 radical (unpaired) electrons. The van der Waals surface area contributed by atoms with Gasteiger partial charge >= 0.3 is 0 Å². The number of anilines is 1. The summed E-state index contributed by atoms with van der Waals surface area (Å²) in [5, 5.41) is 1.69. The van der Waals surface area contributed by atoms with Crippen LogP contribution in [0, 0.1) is 0 Å². The van der Waals surface area contributed by atoms with Crippen molar-refractivity contribution < 1.29 is 14.2 Å². The van der Waals surface area contributed by atoms with Crippen LogP contribution in [0.4, 0.5) is 5.82 Å². The van der Waals surface area contributed by atoms with Gasteiger partial charge in [-0.25, -0.2) is 15.0 Å². The molecule has 0 saturated carbocycles. The minimum atomic E-state index is 0.140. The molecule has 7 nitrogen and oxygen atoms in total. The highest BCUT2D eigenvalue weighted by Crippen LogP contribution is 2.43. The molecule has 0 spiro atoms. The predicted molar refractivity (Wildman–Crippen MR) is 128 cm³/mol. The molecule has 1 fully saturated rings. The number of pyridine rings is 1. The number of rotatable bonds is 6. The number of nitrogens with zero attached hydrogens (tertiary/aromatic N) is 4. The summed E-state index contributed by atoms with van der Waals surface area (Å²) in [5.74, 6) is 2.47. The summed E-state index contributed by atoms with van der Waals surface area (Å²) in [6.45, 7) is 3.64. The van der Waals surface area contributed by atoms with E-state index in [-0.39, 0.29) is 6.10 Å². The smallest absolute Gasteiger partial charge is 0.164 e. The third-order valence-corrected chi connectivity index (χ3v) is 6.44. The first kappa shape index (κ1) is 22.8. The van der Waals surface area contributed by atoms with Crippen molar-refractivity contribution in [1.82, 2.24) is 15.0 Å². The van der Waals surface area contributed by atoms with Gasteiger partial charge in [0.1, 0.15) is 22.5 Å². The molecule has 0 aliphatic carbocycles. The number of piperidine rings is 1. The van der Waals surface area contributed by atoms with Crippen molar-refractivity contribution in [3.05, 3.63) is 34.1 Å². The third-order valence-electron chi connectivity index (χ3n) is 5.85. The average Bonchev–Trinajstić information content (AvgIpc) is 2.83. The molecule has 170 valence electrons. The van der Waals surface area contributed by atoms with Crippen molar-refractivity contribution in [2.75, 3.05) is 39.3 Å². The first-order valence-electron chi connectivity index (χ1n) is 10.5. The van der Waals surface area contributed by atoms with Crippen LogP contribution in [0.5, 0.6) is 11.5 Å². The fraction of sp³-hybridized carbons (Fsp3) is 0.435. The summed E-state index contributed by atoms with van der Waals surface area (Å²) in [6.07, 6.45) is 4.52. The molecule has 0 amide bonds. The van der Waals surface area contributed by atoms with E-state index in [0.29, 0.717) is 45.0 Å². The molecular weight excluding hydrogens is 451 g/mol. The second-order valence-electron chi connectivity index (χ2n) is 7.64. The number of hydrogen-bond donors (Lipinski definition) is 0. The van der Waals surface area contributed by atoms with Gasteiger partial charge in [0.25, 0.3) is 0 Å². The van der Waals surface area contributed by atoms with E-state index in [1.54, 1.807) is 39.7 Å². The van der Waals surface area contributed by atoms with Gasteiger partial charge in [-0.2, -0.15) is 0 Å². The van der Waals surface area contributed by atoms with Gasteiger partial charge < -0.3 is 19.1 Å². The van der Waals surface area contributed by atoms with Crippen LogP contribution in [-0.2, 0) is 11.2 Å². The highest BCUT2D eigenvalue weighted by Gasteiger charge is 2.26. The summed E-state index contributed by atoms with van der Waals surface area (Å²) in [6, 6.07) is 3.60. The van der Waals surface area contributed by atoms with E-state index in [9.17, 15) is 0 Å². The molecule has 3 aromatic rings.